The number of nitrogens with one attached hydrogen (secondary N) is 2. The fourth-order valence-corrected chi connectivity index (χ4v) is 4.12. The summed E-state index contributed by atoms with van der Waals surface area (Å²) in [6, 6.07) is 3.92. The first-order chi connectivity index (χ1) is 12.5. The van der Waals surface area contributed by atoms with Crippen molar-refractivity contribution >= 4 is 23.4 Å². The highest BCUT2D eigenvalue weighted by atomic mass is 35.5. The summed E-state index contributed by atoms with van der Waals surface area (Å²) in [5.41, 5.74) is 2.02. The Morgan fingerprint density at radius 3 is 2.69 bits per heavy atom. The van der Waals surface area contributed by atoms with Crippen molar-refractivity contribution in [3.63, 3.8) is 0 Å². The van der Waals surface area contributed by atoms with Gasteiger partial charge < -0.3 is 15.7 Å². The molecule has 0 radical (unpaired) electrons. The van der Waals surface area contributed by atoms with Crippen molar-refractivity contribution in [2.45, 2.75) is 57.9 Å². The van der Waals surface area contributed by atoms with E-state index in [2.05, 4.69) is 10.6 Å². The van der Waals surface area contributed by atoms with Gasteiger partial charge in [-0.1, -0.05) is 50.3 Å². The highest BCUT2D eigenvalue weighted by molar-refractivity contribution is 6.32. The van der Waals surface area contributed by atoms with Gasteiger partial charge in [0.05, 0.1) is 11.1 Å². The molecule has 3 rings (SSSR count). The molecule has 1 fully saturated rings. The number of carbonyl (C=O) groups is 2. The fraction of sp³-hybridized carbons (Fsp3) is 0.500. The normalized spacial score (nSPS) is 20.8. The van der Waals surface area contributed by atoms with Gasteiger partial charge in [0.15, 0.2) is 5.78 Å². The van der Waals surface area contributed by atoms with Crippen molar-refractivity contribution in [3.8, 4) is 5.75 Å². The molecule has 1 aromatic rings. The third-order valence-electron chi connectivity index (χ3n) is 5.36. The number of halogens is 1. The Kier molecular flexibility index (Phi) is 5.87. The van der Waals surface area contributed by atoms with Crippen molar-refractivity contribution < 1.29 is 14.7 Å². The Balaban J connectivity index is 1.94. The Bertz CT molecular complexity index is 739. The average Bonchev–Trinajstić information content (AvgIpc) is 3.14. The van der Waals surface area contributed by atoms with Gasteiger partial charge in [-0.05, 0) is 36.5 Å². The highest BCUT2D eigenvalue weighted by Gasteiger charge is 2.32. The van der Waals surface area contributed by atoms with Crippen LogP contribution < -0.4 is 10.6 Å². The molecule has 26 heavy (non-hydrogen) atoms. The molecule has 1 aromatic carbocycles. The van der Waals surface area contributed by atoms with Crippen molar-refractivity contribution in [1.82, 2.24) is 10.6 Å². The third kappa shape index (κ3) is 4.04. The standard InChI is InChI=1S/C20H25ClN2O3/c1-2-16(24)18-15(9-7-12-5-3-4-6-12)22-20(26)23-19(18)13-8-10-17(25)14(21)11-13/h8,10-12,19,25H,2-7,9H2,1H3,(H2,22,23,26). The summed E-state index contributed by atoms with van der Waals surface area (Å²) in [6.45, 7) is 1.82. The molecule has 1 aliphatic carbocycles. The van der Waals surface area contributed by atoms with Gasteiger partial charge in [0.2, 0.25) is 0 Å². The van der Waals surface area contributed by atoms with Gasteiger partial charge in [-0.2, -0.15) is 0 Å². The quantitative estimate of drug-likeness (QED) is 0.678. The molecule has 1 aliphatic heterocycles. The number of hydrogen-bond acceptors (Lipinski definition) is 3. The van der Waals surface area contributed by atoms with Crippen LogP contribution in [-0.4, -0.2) is 16.9 Å². The van der Waals surface area contributed by atoms with Crippen molar-refractivity contribution in [2.75, 3.05) is 0 Å². The van der Waals surface area contributed by atoms with E-state index in [1.807, 2.05) is 6.92 Å². The van der Waals surface area contributed by atoms with Crippen LogP contribution in [0, 0.1) is 5.92 Å². The molecule has 140 valence electrons. The number of urea groups is 1. The molecule has 5 nitrogen and oxygen atoms in total. The minimum Gasteiger partial charge on any atom is -0.506 e. The van der Waals surface area contributed by atoms with Crippen LogP contribution in [-0.2, 0) is 4.79 Å². The number of allylic oxidation sites excluding steroid dienone is 1. The van der Waals surface area contributed by atoms with Crippen LogP contribution in [0.25, 0.3) is 0 Å². The van der Waals surface area contributed by atoms with Gasteiger partial charge in [-0.15, -0.1) is 0 Å². The average molecular weight is 377 g/mol. The summed E-state index contributed by atoms with van der Waals surface area (Å²) < 4.78 is 0. The number of carbonyl (C=O) groups excluding carboxylic acids is 2. The maximum atomic E-state index is 12.7. The molecule has 0 bridgehead atoms. The van der Waals surface area contributed by atoms with Gasteiger partial charge in [0.1, 0.15) is 5.75 Å². The molecular weight excluding hydrogens is 352 g/mol. The molecule has 6 heteroatoms. The van der Waals surface area contributed by atoms with Gasteiger partial charge in [0.25, 0.3) is 0 Å². The van der Waals surface area contributed by atoms with Gasteiger partial charge in [-0.25, -0.2) is 4.79 Å². The summed E-state index contributed by atoms with van der Waals surface area (Å²) in [6.07, 6.45) is 7.05. The zero-order valence-electron chi connectivity index (χ0n) is 15.0. The molecular formula is C20H25ClN2O3. The summed E-state index contributed by atoms with van der Waals surface area (Å²) in [7, 11) is 0. The maximum Gasteiger partial charge on any atom is 0.319 e. The molecule has 1 unspecified atom stereocenters. The van der Waals surface area contributed by atoms with Crippen LogP contribution in [0.5, 0.6) is 5.75 Å². The van der Waals surface area contributed by atoms with Gasteiger partial charge in [-0.3, -0.25) is 4.79 Å². The molecule has 1 saturated carbocycles. The topological polar surface area (TPSA) is 78.4 Å². The van der Waals surface area contributed by atoms with E-state index < -0.39 is 6.04 Å². The fourth-order valence-electron chi connectivity index (χ4n) is 3.94. The molecule has 0 aromatic heterocycles. The van der Waals surface area contributed by atoms with Crippen LogP contribution in [0.1, 0.15) is 63.5 Å². The molecule has 1 atom stereocenters. The minimum atomic E-state index is -0.548. The van der Waals surface area contributed by atoms with E-state index in [0.717, 1.165) is 12.1 Å². The Hall–Kier alpha value is -2.01. The third-order valence-corrected chi connectivity index (χ3v) is 5.66. The van der Waals surface area contributed by atoms with E-state index in [9.17, 15) is 14.7 Å². The second kappa shape index (κ2) is 8.12. The zero-order valence-corrected chi connectivity index (χ0v) is 15.7. The van der Waals surface area contributed by atoms with E-state index in [1.54, 1.807) is 12.1 Å². The number of benzene rings is 1. The van der Waals surface area contributed by atoms with E-state index in [0.29, 0.717) is 29.9 Å². The first kappa shape index (κ1) is 18.8. The first-order valence-electron chi connectivity index (χ1n) is 9.31. The van der Waals surface area contributed by atoms with Crippen LogP contribution in [0.4, 0.5) is 4.79 Å². The largest absolute Gasteiger partial charge is 0.506 e. The zero-order chi connectivity index (χ0) is 18.7. The Labute approximate surface area is 158 Å². The van der Waals surface area contributed by atoms with Gasteiger partial charge in [0, 0.05) is 17.7 Å². The molecule has 0 saturated heterocycles. The van der Waals surface area contributed by atoms with Crippen LogP contribution in [0.3, 0.4) is 0 Å². The number of Topliss-reactive ketones (excluding diaryl/α,β-unsaturated/α-hetero) is 1. The number of rotatable bonds is 6. The predicted octanol–water partition coefficient (Wildman–Crippen LogP) is 4.60. The lowest BCUT2D eigenvalue weighted by atomic mass is 9.88. The summed E-state index contributed by atoms with van der Waals surface area (Å²) in [5, 5.41) is 15.6. The molecule has 2 amide bonds. The second-order valence-corrected chi connectivity index (χ2v) is 7.51. The van der Waals surface area contributed by atoms with Crippen molar-refractivity contribution in [3.05, 3.63) is 40.1 Å². The number of phenolic OH excluding ortho intramolecular Hbond substituents is 1. The molecule has 0 spiro atoms. The minimum absolute atomic E-state index is 0.00752. The highest BCUT2D eigenvalue weighted by Crippen LogP contribution is 2.35. The number of amides is 2. The Morgan fingerprint density at radius 2 is 2.04 bits per heavy atom. The molecule has 2 aliphatic rings. The monoisotopic (exact) mass is 376 g/mol. The van der Waals surface area contributed by atoms with Crippen LogP contribution in [0.2, 0.25) is 5.02 Å². The predicted molar refractivity (Wildman–Crippen MR) is 101 cm³/mol. The number of aromatic hydroxyl groups is 1. The van der Waals surface area contributed by atoms with Crippen molar-refractivity contribution in [1.29, 1.82) is 0 Å². The maximum absolute atomic E-state index is 12.7. The summed E-state index contributed by atoms with van der Waals surface area (Å²) in [4.78, 5) is 24.9. The number of ketones is 1. The van der Waals surface area contributed by atoms with E-state index in [1.165, 1.54) is 31.7 Å². The lowest BCUT2D eigenvalue weighted by Gasteiger charge is -2.30. The van der Waals surface area contributed by atoms with Crippen LogP contribution >= 0.6 is 11.6 Å². The Morgan fingerprint density at radius 1 is 1.31 bits per heavy atom. The number of phenols is 1. The van der Waals surface area contributed by atoms with Crippen LogP contribution in [0.15, 0.2) is 29.5 Å². The summed E-state index contributed by atoms with van der Waals surface area (Å²) in [5.74, 6) is 0.659. The first-order valence-corrected chi connectivity index (χ1v) is 9.69. The molecule has 3 N–H and O–H groups in total. The SMILES string of the molecule is CCC(=O)C1=C(CCC2CCCC2)NC(=O)NC1c1ccc(O)c(Cl)c1. The van der Waals surface area contributed by atoms with Gasteiger partial charge >= 0.3 is 6.03 Å². The summed E-state index contributed by atoms with van der Waals surface area (Å²) >= 11 is 6.03. The van der Waals surface area contributed by atoms with E-state index in [4.69, 9.17) is 11.6 Å². The molecule has 1 heterocycles. The lowest BCUT2D eigenvalue weighted by Crippen LogP contribution is -2.45. The number of hydrogen-bond donors (Lipinski definition) is 3. The second-order valence-electron chi connectivity index (χ2n) is 7.10. The van der Waals surface area contributed by atoms with E-state index in [-0.39, 0.29) is 22.6 Å². The lowest BCUT2D eigenvalue weighted by molar-refractivity contribution is -0.115. The smallest absolute Gasteiger partial charge is 0.319 e. The van der Waals surface area contributed by atoms with Crippen molar-refractivity contribution in [2.24, 2.45) is 5.92 Å². The van der Waals surface area contributed by atoms with E-state index >= 15 is 0 Å².